The largest absolute Gasteiger partial charge is 0.394 e. The topological polar surface area (TPSA) is 190 Å². The van der Waals surface area contributed by atoms with Gasteiger partial charge >= 0.3 is 0 Å². The van der Waals surface area contributed by atoms with Crippen LogP contribution in [0.15, 0.2) is 0 Å². The lowest BCUT2D eigenvalue weighted by Gasteiger charge is -2.47. The molecule has 9 atom stereocenters. The molecule has 0 spiro atoms. The van der Waals surface area contributed by atoms with E-state index in [-0.39, 0.29) is 0 Å². The summed E-state index contributed by atoms with van der Waals surface area (Å²) in [5, 5.41) is 77.2. The molecule has 0 radical (unpaired) electrons. The van der Waals surface area contributed by atoms with Crippen LogP contribution in [0.3, 0.4) is 0 Å². The van der Waals surface area contributed by atoms with Gasteiger partial charge in [0, 0.05) is 0 Å². The average Bonchev–Trinajstić information content (AvgIpc) is 2.55. The molecule has 0 aromatic rings. The number of ether oxygens (including phenoxy) is 3. The van der Waals surface area contributed by atoms with E-state index < -0.39 is 74.6 Å². The summed E-state index contributed by atoms with van der Waals surface area (Å²) in [6.45, 7) is -2.15. The smallest absolute Gasteiger partial charge is 0.219 e. The van der Waals surface area contributed by atoms with Gasteiger partial charge < -0.3 is 55.1 Å². The van der Waals surface area contributed by atoms with Crippen LogP contribution in [0.1, 0.15) is 0 Å². The Labute approximate surface area is 130 Å². The van der Waals surface area contributed by atoms with Gasteiger partial charge in [-0.2, -0.15) is 0 Å². The maximum absolute atomic E-state index is 10.1. The second-order valence-electron chi connectivity index (χ2n) is 5.63. The first-order valence-electron chi connectivity index (χ1n) is 7.04. The lowest BCUT2D eigenvalue weighted by Crippen LogP contribution is -2.67. The van der Waals surface area contributed by atoms with Gasteiger partial charge in [-0.15, -0.1) is 0 Å². The predicted octanol–water partition coefficient (Wildman–Crippen LogP) is -5.40. The minimum atomic E-state index is -2.38. The van der Waals surface area contributed by atoms with E-state index in [1.807, 2.05) is 0 Å². The average molecular weight is 342 g/mol. The van der Waals surface area contributed by atoms with E-state index in [0.717, 1.165) is 0 Å². The lowest BCUT2D eigenvalue weighted by molar-refractivity contribution is -0.387. The summed E-state index contributed by atoms with van der Waals surface area (Å²) in [6, 6.07) is 0. The maximum Gasteiger partial charge on any atom is 0.219 e. The van der Waals surface area contributed by atoms with Crippen molar-refractivity contribution >= 4 is 0 Å². The fraction of sp³-hybridized carbons (Fsp3) is 1.00. The van der Waals surface area contributed by atoms with Gasteiger partial charge in [-0.25, -0.2) is 0 Å². The van der Waals surface area contributed by atoms with Crippen LogP contribution in [0, 0.1) is 0 Å². The summed E-state index contributed by atoms with van der Waals surface area (Å²) in [6.07, 6.45) is -12.9. The van der Waals surface area contributed by atoms with Crippen molar-refractivity contribution < 1.29 is 55.1 Å². The van der Waals surface area contributed by atoms with E-state index in [9.17, 15) is 35.7 Å². The Hall–Kier alpha value is -0.440. The molecule has 0 aromatic carbocycles. The van der Waals surface area contributed by atoms with Crippen molar-refractivity contribution in [1.29, 1.82) is 0 Å². The molecule has 0 aromatic heterocycles. The van der Waals surface area contributed by atoms with Gasteiger partial charge in [-0.1, -0.05) is 0 Å². The third-order valence-corrected chi connectivity index (χ3v) is 4.01. The molecule has 11 heteroatoms. The number of aliphatic hydroxyl groups is 8. The molecule has 2 saturated heterocycles. The third-order valence-electron chi connectivity index (χ3n) is 4.01. The molecule has 11 nitrogen and oxygen atoms in total. The normalized spacial score (nSPS) is 51.7. The van der Waals surface area contributed by atoms with E-state index >= 15 is 0 Å². The minimum absolute atomic E-state index is 0.466. The molecule has 136 valence electrons. The number of hydrogen-bond acceptors (Lipinski definition) is 11. The zero-order valence-electron chi connectivity index (χ0n) is 12.0. The monoisotopic (exact) mass is 342 g/mol. The quantitative estimate of drug-likeness (QED) is 0.243. The van der Waals surface area contributed by atoms with Gasteiger partial charge in [0.2, 0.25) is 5.79 Å². The summed E-state index contributed by atoms with van der Waals surface area (Å²) < 4.78 is 15.1. The van der Waals surface area contributed by atoms with Gasteiger partial charge in [0.1, 0.15) is 42.7 Å². The molecule has 2 rings (SSSR count). The fourth-order valence-electron chi connectivity index (χ4n) is 2.53. The highest BCUT2D eigenvalue weighted by Crippen LogP contribution is 2.30. The van der Waals surface area contributed by atoms with Gasteiger partial charge in [-0.3, -0.25) is 0 Å². The van der Waals surface area contributed by atoms with E-state index in [1.54, 1.807) is 0 Å². The number of hydrogen-bond donors (Lipinski definition) is 8. The summed E-state index contributed by atoms with van der Waals surface area (Å²) in [4.78, 5) is 0. The molecule has 0 saturated carbocycles. The van der Waals surface area contributed by atoms with Crippen LogP contribution in [0.25, 0.3) is 0 Å². The Morgan fingerprint density at radius 2 is 1.61 bits per heavy atom. The highest BCUT2D eigenvalue weighted by atomic mass is 16.7. The molecule has 2 aliphatic rings. The lowest BCUT2D eigenvalue weighted by atomic mass is 9.96. The van der Waals surface area contributed by atoms with Crippen molar-refractivity contribution in [3.63, 3.8) is 0 Å². The molecule has 8 N–H and O–H groups in total. The molecular weight excluding hydrogens is 320 g/mol. The van der Waals surface area contributed by atoms with Gasteiger partial charge in [0.05, 0.1) is 19.8 Å². The Bertz CT molecular complexity index is 393. The second kappa shape index (κ2) is 7.21. The zero-order chi connectivity index (χ0) is 17.4. The molecule has 0 amide bonds. The summed E-state index contributed by atoms with van der Waals surface area (Å²) in [7, 11) is 0. The van der Waals surface area contributed by atoms with Crippen molar-refractivity contribution in [3.8, 4) is 0 Å². The molecule has 0 bridgehead atoms. The molecule has 0 unspecified atom stereocenters. The van der Waals surface area contributed by atoms with Crippen molar-refractivity contribution in [3.05, 3.63) is 0 Å². The Morgan fingerprint density at radius 3 is 2.17 bits per heavy atom. The van der Waals surface area contributed by atoms with Crippen molar-refractivity contribution in [2.24, 2.45) is 0 Å². The molecule has 0 aliphatic carbocycles. The molecular formula is C12H22O11. The Kier molecular flexibility index (Phi) is 5.92. The molecule has 2 aliphatic heterocycles. The van der Waals surface area contributed by atoms with Crippen LogP contribution in [0.5, 0.6) is 0 Å². The van der Waals surface area contributed by atoms with E-state index in [0.29, 0.717) is 0 Å². The Morgan fingerprint density at radius 1 is 0.957 bits per heavy atom. The first kappa shape index (κ1) is 18.9. The SMILES string of the molecule is OC[C@H]1O[C@@H](O[C@H]2[C@H](O)[C@H](O)CO[C@]2(O)CO)[C@H](O)[C@@H](O)[C@H]1O. The van der Waals surface area contributed by atoms with E-state index in [2.05, 4.69) is 0 Å². The highest BCUT2D eigenvalue weighted by molar-refractivity contribution is 4.95. The number of aliphatic hydroxyl groups excluding tert-OH is 7. The fourth-order valence-corrected chi connectivity index (χ4v) is 2.53. The molecule has 23 heavy (non-hydrogen) atoms. The first-order valence-corrected chi connectivity index (χ1v) is 7.04. The maximum atomic E-state index is 10.1. The summed E-state index contributed by atoms with van der Waals surface area (Å²) in [5.41, 5.74) is 0. The van der Waals surface area contributed by atoms with Gasteiger partial charge in [0.25, 0.3) is 0 Å². The van der Waals surface area contributed by atoms with Crippen LogP contribution in [-0.2, 0) is 14.2 Å². The van der Waals surface area contributed by atoms with Gasteiger partial charge in [0.15, 0.2) is 6.29 Å². The first-order chi connectivity index (χ1) is 10.7. The summed E-state index contributed by atoms with van der Waals surface area (Å²) >= 11 is 0. The number of rotatable bonds is 4. The van der Waals surface area contributed by atoms with Crippen LogP contribution in [0.4, 0.5) is 0 Å². The van der Waals surface area contributed by atoms with Crippen LogP contribution in [0.2, 0.25) is 0 Å². The van der Waals surface area contributed by atoms with Crippen LogP contribution >= 0.6 is 0 Å². The highest BCUT2D eigenvalue weighted by Gasteiger charge is 2.53. The predicted molar refractivity (Wildman–Crippen MR) is 68.6 cm³/mol. The molecule has 2 fully saturated rings. The van der Waals surface area contributed by atoms with Crippen LogP contribution in [-0.4, -0.2) is 115 Å². The summed E-state index contributed by atoms with van der Waals surface area (Å²) in [5.74, 6) is -2.38. The standard InChI is InChI=1S/C12H22O11/c13-1-5-7(17)8(18)9(19)11(22-5)23-10-6(16)4(15)2-21-12(10,20)3-14/h4-11,13-20H,1-3H2/t4-,5-,6-,7+,8+,9-,10+,11+,12-/m1/s1. The van der Waals surface area contributed by atoms with Crippen molar-refractivity contribution in [1.82, 2.24) is 0 Å². The van der Waals surface area contributed by atoms with E-state index in [1.165, 1.54) is 0 Å². The van der Waals surface area contributed by atoms with Crippen LogP contribution < -0.4 is 0 Å². The Balaban J connectivity index is 2.17. The minimum Gasteiger partial charge on any atom is -0.394 e. The zero-order valence-corrected chi connectivity index (χ0v) is 12.0. The van der Waals surface area contributed by atoms with E-state index in [4.69, 9.17) is 19.3 Å². The second-order valence-corrected chi connectivity index (χ2v) is 5.63. The van der Waals surface area contributed by atoms with Gasteiger partial charge in [-0.05, 0) is 0 Å². The third kappa shape index (κ3) is 3.50. The van der Waals surface area contributed by atoms with Crippen molar-refractivity contribution in [2.45, 2.75) is 54.8 Å². The molecule has 2 heterocycles. The van der Waals surface area contributed by atoms with Crippen molar-refractivity contribution in [2.75, 3.05) is 19.8 Å².